The standard InChI is InChI=1S/C16H22F3NO3/c1-22-13-9-11(23-16(17,18)19)7-8-12(13)14(20)15(21)10-5-3-2-4-6-10/h7-10,14-15,21H,2-6,20H2,1H3/t14-,15+/m0/s1. The van der Waals surface area contributed by atoms with Crippen LogP contribution in [0, 0.1) is 5.92 Å². The van der Waals surface area contributed by atoms with Gasteiger partial charge in [0, 0.05) is 11.6 Å². The van der Waals surface area contributed by atoms with Gasteiger partial charge in [-0.3, -0.25) is 0 Å². The van der Waals surface area contributed by atoms with E-state index in [1.807, 2.05) is 0 Å². The molecule has 0 heterocycles. The molecule has 1 saturated carbocycles. The average Bonchev–Trinajstić information content (AvgIpc) is 2.52. The van der Waals surface area contributed by atoms with Gasteiger partial charge in [-0.05, 0) is 30.9 Å². The molecule has 0 aliphatic heterocycles. The van der Waals surface area contributed by atoms with Gasteiger partial charge in [0.05, 0.1) is 19.3 Å². The average molecular weight is 333 g/mol. The molecule has 7 heteroatoms. The second-order valence-corrected chi connectivity index (χ2v) is 5.87. The molecule has 23 heavy (non-hydrogen) atoms. The molecule has 4 nitrogen and oxygen atoms in total. The highest BCUT2D eigenvalue weighted by molar-refractivity contribution is 5.43. The highest BCUT2D eigenvalue weighted by atomic mass is 19.4. The highest BCUT2D eigenvalue weighted by Crippen LogP contribution is 2.36. The summed E-state index contributed by atoms with van der Waals surface area (Å²) in [5.41, 5.74) is 6.60. The summed E-state index contributed by atoms with van der Waals surface area (Å²) in [6.45, 7) is 0. The Morgan fingerprint density at radius 3 is 2.43 bits per heavy atom. The van der Waals surface area contributed by atoms with Crippen molar-refractivity contribution in [3.63, 3.8) is 0 Å². The lowest BCUT2D eigenvalue weighted by Crippen LogP contribution is -2.34. The Labute approximate surface area is 133 Å². The number of hydrogen-bond acceptors (Lipinski definition) is 4. The van der Waals surface area contributed by atoms with Crippen LogP contribution in [0.25, 0.3) is 0 Å². The summed E-state index contributed by atoms with van der Waals surface area (Å²) in [6, 6.07) is 3.01. The van der Waals surface area contributed by atoms with Gasteiger partial charge >= 0.3 is 6.36 Å². The number of aliphatic hydroxyl groups is 1. The quantitative estimate of drug-likeness (QED) is 0.865. The van der Waals surface area contributed by atoms with Crippen LogP contribution in [-0.4, -0.2) is 24.7 Å². The number of ether oxygens (including phenoxy) is 2. The minimum absolute atomic E-state index is 0.106. The zero-order chi connectivity index (χ0) is 17.0. The fourth-order valence-corrected chi connectivity index (χ4v) is 3.12. The van der Waals surface area contributed by atoms with E-state index in [1.165, 1.54) is 19.2 Å². The SMILES string of the molecule is COc1cc(OC(F)(F)F)ccc1[C@H](N)[C@H](O)C1CCCCC1. The summed E-state index contributed by atoms with van der Waals surface area (Å²) in [6.07, 6.45) is -0.424. The van der Waals surface area contributed by atoms with E-state index >= 15 is 0 Å². The lowest BCUT2D eigenvalue weighted by Gasteiger charge is -2.31. The topological polar surface area (TPSA) is 64.7 Å². The lowest BCUT2D eigenvalue weighted by molar-refractivity contribution is -0.274. The van der Waals surface area contributed by atoms with Crippen molar-refractivity contribution in [2.24, 2.45) is 11.7 Å². The summed E-state index contributed by atoms with van der Waals surface area (Å²) in [4.78, 5) is 0. The molecule has 1 fully saturated rings. The minimum atomic E-state index is -4.77. The molecule has 0 unspecified atom stereocenters. The molecular weight excluding hydrogens is 311 g/mol. The second kappa shape index (κ2) is 7.40. The first-order chi connectivity index (χ1) is 10.8. The molecular formula is C16H22F3NO3. The molecule has 1 aliphatic rings. The largest absolute Gasteiger partial charge is 0.573 e. The van der Waals surface area contributed by atoms with Crippen LogP contribution < -0.4 is 15.2 Å². The second-order valence-electron chi connectivity index (χ2n) is 5.87. The first-order valence-electron chi connectivity index (χ1n) is 7.69. The van der Waals surface area contributed by atoms with E-state index in [0.29, 0.717) is 5.56 Å². The maximum absolute atomic E-state index is 12.3. The van der Waals surface area contributed by atoms with E-state index in [-0.39, 0.29) is 17.4 Å². The van der Waals surface area contributed by atoms with Gasteiger partial charge < -0.3 is 20.3 Å². The first kappa shape index (κ1) is 17.9. The molecule has 0 bridgehead atoms. The molecule has 1 aromatic carbocycles. The van der Waals surface area contributed by atoms with E-state index in [0.717, 1.165) is 38.2 Å². The zero-order valence-electron chi connectivity index (χ0n) is 13.0. The molecule has 0 spiro atoms. The summed E-state index contributed by atoms with van der Waals surface area (Å²) >= 11 is 0. The molecule has 3 N–H and O–H groups in total. The lowest BCUT2D eigenvalue weighted by atomic mass is 9.81. The van der Waals surface area contributed by atoms with Crippen LogP contribution in [0.4, 0.5) is 13.2 Å². The fraction of sp³-hybridized carbons (Fsp3) is 0.625. The molecule has 130 valence electrons. The van der Waals surface area contributed by atoms with Crippen molar-refractivity contribution in [1.82, 2.24) is 0 Å². The van der Waals surface area contributed by atoms with Gasteiger partial charge in [0.2, 0.25) is 0 Å². The molecule has 1 aromatic rings. The molecule has 1 aliphatic carbocycles. The molecule has 0 amide bonds. The molecule has 2 atom stereocenters. The Hall–Kier alpha value is -1.47. The third kappa shape index (κ3) is 4.75. The van der Waals surface area contributed by atoms with Gasteiger partial charge in [0.25, 0.3) is 0 Å². The van der Waals surface area contributed by atoms with Gasteiger partial charge in [0.15, 0.2) is 0 Å². The Morgan fingerprint density at radius 2 is 1.87 bits per heavy atom. The Balaban J connectivity index is 2.17. The van der Waals surface area contributed by atoms with Crippen LogP contribution in [0.3, 0.4) is 0 Å². The van der Waals surface area contributed by atoms with Gasteiger partial charge in [-0.1, -0.05) is 19.3 Å². The number of aliphatic hydroxyl groups excluding tert-OH is 1. The van der Waals surface area contributed by atoms with Crippen molar-refractivity contribution < 1.29 is 27.8 Å². The molecule has 0 radical (unpaired) electrons. The normalized spacial score (nSPS) is 19.2. The summed E-state index contributed by atoms with van der Waals surface area (Å²) in [7, 11) is 1.34. The smallest absolute Gasteiger partial charge is 0.496 e. The highest BCUT2D eigenvalue weighted by Gasteiger charge is 2.32. The van der Waals surface area contributed by atoms with E-state index in [1.54, 1.807) is 0 Å². The molecule has 0 aromatic heterocycles. The van der Waals surface area contributed by atoms with Crippen LogP contribution in [0.1, 0.15) is 43.7 Å². The van der Waals surface area contributed by atoms with Crippen molar-refractivity contribution in [3.8, 4) is 11.5 Å². The van der Waals surface area contributed by atoms with E-state index in [9.17, 15) is 18.3 Å². The summed E-state index contributed by atoms with van der Waals surface area (Å²) in [5, 5.41) is 10.5. The van der Waals surface area contributed by atoms with E-state index in [2.05, 4.69) is 4.74 Å². The van der Waals surface area contributed by atoms with Crippen LogP contribution in [-0.2, 0) is 0 Å². The van der Waals surface area contributed by atoms with Crippen molar-refractivity contribution in [3.05, 3.63) is 23.8 Å². The monoisotopic (exact) mass is 333 g/mol. The van der Waals surface area contributed by atoms with E-state index < -0.39 is 18.5 Å². The van der Waals surface area contributed by atoms with Crippen LogP contribution >= 0.6 is 0 Å². The predicted octanol–water partition coefficient (Wildman–Crippen LogP) is 3.53. The van der Waals surface area contributed by atoms with Gasteiger partial charge in [-0.25, -0.2) is 0 Å². The van der Waals surface area contributed by atoms with Crippen LogP contribution in [0.15, 0.2) is 18.2 Å². The number of methoxy groups -OCH3 is 1. The van der Waals surface area contributed by atoms with Crippen molar-refractivity contribution in [2.75, 3.05) is 7.11 Å². The number of alkyl halides is 3. The maximum atomic E-state index is 12.3. The Morgan fingerprint density at radius 1 is 1.22 bits per heavy atom. The molecule has 2 rings (SSSR count). The van der Waals surface area contributed by atoms with Gasteiger partial charge in [-0.15, -0.1) is 13.2 Å². The van der Waals surface area contributed by atoms with Crippen LogP contribution in [0.5, 0.6) is 11.5 Å². The van der Waals surface area contributed by atoms with Crippen LogP contribution in [0.2, 0.25) is 0 Å². The maximum Gasteiger partial charge on any atom is 0.573 e. The summed E-state index contributed by atoms with van der Waals surface area (Å²) in [5.74, 6) is -0.0962. The third-order valence-corrected chi connectivity index (χ3v) is 4.30. The third-order valence-electron chi connectivity index (χ3n) is 4.30. The molecule has 0 saturated heterocycles. The Bertz CT molecular complexity index is 516. The summed E-state index contributed by atoms with van der Waals surface area (Å²) < 4.78 is 45.8. The predicted molar refractivity (Wildman–Crippen MR) is 79.2 cm³/mol. The van der Waals surface area contributed by atoms with Gasteiger partial charge in [0.1, 0.15) is 11.5 Å². The van der Waals surface area contributed by atoms with E-state index in [4.69, 9.17) is 10.5 Å². The number of rotatable bonds is 5. The first-order valence-corrected chi connectivity index (χ1v) is 7.69. The zero-order valence-corrected chi connectivity index (χ0v) is 13.0. The van der Waals surface area contributed by atoms with Crippen molar-refractivity contribution in [1.29, 1.82) is 0 Å². The number of hydrogen-bond donors (Lipinski definition) is 2. The van der Waals surface area contributed by atoms with Gasteiger partial charge in [-0.2, -0.15) is 0 Å². The van der Waals surface area contributed by atoms with Crippen molar-refractivity contribution in [2.45, 2.75) is 50.6 Å². The van der Waals surface area contributed by atoms with Crippen molar-refractivity contribution >= 4 is 0 Å². The number of halogens is 3. The Kier molecular flexibility index (Phi) is 5.75. The number of nitrogens with two attached hydrogens (primary N) is 1. The minimum Gasteiger partial charge on any atom is -0.496 e. The number of benzene rings is 1. The fourth-order valence-electron chi connectivity index (χ4n) is 3.12.